The third-order valence-corrected chi connectivity index (χ3v) is 5.21. The van der Waals surface area contributed by atoms with Crippen LogP contribution in [0.1, 0.15) is 11.1 Å². The van der Waals surface area contributed by atoms with Crippen LogP contribution in [0.25, 0.3) is 11.1 Å². The fourth-order valence-corrected chi connectivity index (χ4v) is 3.55. The van der Waals surface area contributed by atoms with E-state index in [1.165, 1.54) is 0 Å². The zero-order valence-electron chi connectivity index (χ0n) is 14.1. The molecule has 0 atom stereocenters. The number of hydrogen-bond donors (Lipinski definition) is 1. The van der Waals surface area contributed by atoms with Gasteiger partial charge in [0.1, 0.15) is 11.6 Å². The number of fused-ring (bicyclic) bond motifs is 1. The topological polar surface area (TPSA) is 75.5 Å². The maximum Gasteiger partial charge on any atom is 0.293 e. The first-order valence-electron chi connectivity index (χ1n) is 8.04. The Balaban J connectivity index is 2.25. The first-order chi connectivity index (χ1) is 12.4. The molecule has 0 saturated carbocycles. The summed E-state index contributed by atoms with van der Waals surface area (Å²) in [5.41, 5.74) is 3.69. The van der Waals surface area contributed by atoms with Gasteiger partial charge in [-0.25, -0.2) is 0 Å². The Morgan fingerprint density at radius 2 is 2.04 bits per heavy atom. The molecule has 0 unspecified atom stereocenters. The lowest BCUT2D eigenvalue weighted by molar-refractivity contribution is -0.383. The molecule has 1 aliphatic rings. The molecular formula is C18H17BrClN3O3. The highest BCUT2D eigenvalue weighted by Gasteiger charge is 2.29. The Hall–Kier alpha value is -1.96. The highest BCUT2D eigenvalue weighted by atomic mass is 79.9. The van der Waals surface area contributed by atoms with Crippen LogP contribution in [0, 0.1) is 10.1 Å². The number of nitro benzene ring substituents is 1. The van der Waals surface area contributed by atoms with Gasteiger partial charge in [-0.2, -0.15) is 0 Å². The van der Waals surface area contributed by atoms with Crippen molar-refractivity contribution >= 4 is 44.8 Å². The van der Waals surface area contributed by atoms with Crippen molar-refractivity contribution < 1.29 is 9.72 Å². The predicted molar refractivity (Wildman–Crippen MR) is 106 cm³/mol. The van der Waals surface area contributed by atoms with Crippen molar-refractivity contribution in [1.29, 1.82) is 0 Å². The third-order valence-electron chi connectivity index (χ3n) is 4.44. The zero-order valence-corrected chi connectivity index (χ0v) is 16.4. The SMILES string of the molecule is CN1CCc2c(-c3ccc(Br)cc3)cc([N+](=O)[O-])c(NC(=O)CCl)c2C1. The van der Waals surface area contributed by atoms with Crippen LogP contribution in [-0.2, 0) is 17.8 Å². The smallest absolute Gasteiger partial charge is 0.293 e. The number of hydrogen-bond acceptors (Lipinski definition) is 4. The number of nitrogens with zero attached hydrogens (tertiary/aromatic N) is 2. The highest BCUT2D eigenvalue weighted by molar-refractivity contribution is 9.10. The fourth-order valence-electron chi connectivity index (χ4n) is 3.22. The summed E-state index contributed by atoms with van der Waals surface area (Å²) in [6.45, 7) is 1.37. The van der Waals surface area contributed by atoms with E-state index >= 15 is 0 Å². The van der Waals surface area contributed by atoms with Crippen LogP contribution in [-0.4, -0.2) is 35.2 Å². The molecule has 2 aromatic rings. The molecule has 0 radical (unpaired) electrons. The quantitative estimate of drug-likeness (QED) is 0.441. The second-order valence-electron chi connectivity index (χ2n) is 6.21. The minimum atomic E-state index is -0.457. The number of anilines is 1. The summed E-state index contributed by atoms with van der Waals surface area (Å²) in [5, 5.41) is 14.3. The summed E-state index contributed by atoms with van der Waals surface area (Å²) < 4.78 is 0.940. The van der Waals surface area contributed by atoms with Crippen LogP contribution in [0.3, 0.4) is 0 Å². The zero-order chi connectivity index (χ0) is 18.8. The maximum atomic E-state index is 11.8. The molecule has 1 N–H and O–H groups in total. The van der Waals surface area contributed by atoms with Gasteiger partial charge in [0, 0.05) is 29.2 Å². The largest absolute Gasteiger partial charge is 0.319 e. The van der Waals surface area contributed by atoms with Gasteiger partial charge in [-0.15, -0.1) is 11.6 Å². The Morgan fingerprint density at radius 3 is 2.65 bits per heavy atom. The summed E-state index contributed by atoms with van der Waals surface area (Å²) in [4.78, 5) is 25.1. The van der Waals surface area contributed by atoms with Crippen molar-refractivity contribution in [3.63, 3.8) is 0 Å². The van der Waals surface area contributed by atoms with Crippen LogP contribution < -0.4 is 5.32 Å². The molecule has 8 heteroatoms. The molecule has 3 rings (SSSR count). The van der Waals surface area contributed by atoms with Gasteiger partial charge in [-0.3, -0.25) is 14.9 Å². The standard InChI is InChI=1S/C18H17BrClN3O3/c1-22-7-6-13-14(11-2-4-12(19)5-3-11)8-16(23(25)26)18(15(13)10-22)21-17(24)9-20/h2-5,8H,6-7,9-10H2,1H3,(H,21,24). The van der Waals surface area contributed by atoms with E-state index < -0.39 is 10.8 Å². The average Bonchev–Trinajstić information content (AvgIpc) is 2.62. The lowest BCUT2D eigenvalue weighted by Crippen LogP contribution is -2.29. The highest BCUT2D eigenvalue weighted by Crippen LogP contribution is 2.41. The molecule has 0 fully saturated rings. The molecule has 136 valence electrons. The number of carbonyl (C=O) groups is 1. The number of alkyl halides is 1. The van der Waals surface area contributed by atoms with E-state index in [-0.39, 0.29) is 17.3 Å². The second kappa shape index (κ2) is 7.73. The number of nitro groups is 1. The van der Waals surface area contributed by atoms with Gasteiger partial charge in [-0.05, 0) is 42.3 Å². The Kier molecular flexibility index (Phi) is 5.60. The number of likely N-dealkylation sites (N-methyl/N-ethyl adjacent to an activating group) is 1. The molecule has 0 aliphatic carbocycles. The monoisotopic (exact) mass is 437 g/mol. The Bertz CT molecular complexity index is 871. The lowest BCUT2D eigenvalue weighted by atomic mass is 9.88. The van der Waals surface area contributed by atoms with Crippen molar-refractivity contribution in [3.05, 3.63) is 56.0 Å². The molecule has 2 aromatic carbocycles. The van der Waals surface area contributed by atoms with Gasteiger partial charge in [0.15, 0.2) is 0 Å². The summed E-state index contributed by atoms with van der Waals surface area (Å²) in [5.74, 6) is -0.711. The van der Waals surface area contributed by atoms with Crippen molar-refractivity contribution in [1.82, 2.24) is 4.90 Å². The minimum Gasteiger partial charge on any atom is -0.319 e. The van der Waals surface area contributed by atoms with E-state index in [1.807, 2.05) is 31.3 Å². The van der Waals surface area contributed by atoms with Crippen LogP contribution >= 0.6 is 27.5 Å². The van der Waals surface area contributed by atoms with E-state index in [4.69, 9.17) is 11.6 Å². The van der Waals surface area contributed by atoms with Gasteiger partial charge in [0.2, 0.25) is 5.91 Å². The van der Waals surface area contributed by atoms with Crippen molar-refractivity contribution in [2.24, 2.45) is 0 Å². The predicted octanol–water partition coefficient (Wildman–Crippen LogP) is 4.19. The van der Waals surface area contributed by atoms with Gasteiger partial charge < -0.3 is 10.2 Å². The molecule has 26 heavy (non-hydrogen) atoms. The molecule has 1 aliphatic heterocycles. The van der Waals surface area contributed by atoms with E-state index in [9.17, 15) is 14.9 Å². The summed E-state index contributed by atoms with van der Waals surface area (Å²) in [6.07, 6.45) is 0.749. The van der Waals surface area contributed by atoms with Crippen molar-refractivity contribution in [2.45, 2.75) is 13.0 Å². The normalized spacial score (nSPS) is 14.0. The van der Waals surface area contributed by atoms with Gasteiger partial charge >= 0.3 is 0 Å². The number of amides is 1. The maximum absolute atomic E-state index is 11.8. The first kappa shape index (κ1) is 18.8. The van der Waals surface area contributed by atoms with Gasteiger partial charge in [0.25, 0.3) is 5.69 Å². The van der Waals surface area contributed by atoms with Crippen molar-refractivity contribution in [2.75, 3.05) is 24.8 Å². The van der Waals surface area contributed by atoms with Crippen LogP contribution in [0.15, 0.2) is 34.8 Å². The van der Waals surface area contributed by atoms with Crippen LogP contribution in [0.2, 0.25) is 0 Å². The molecule has 1 heterocycles. The molecular weight excluding hydrogens is 422 g/mol. The van der Waals surface area contributed by atoms with E-state index in [0.717, 1.165) is 39.7 Å². The van der Waals surface area contributed by atoms with Gasteiger partial charge in [-0.1, -0.05) is 28.1 Å². The Labute approximate surface area is 164 Å². The fraction of sp³-hybridized carbons (Fsp3) is 0.278. The number of rotatable bonds is 4. The molecule has 0 bridgehead atoms. The van der Waals surface area contributed by atoms with E-state index in [1.54, 1.807) is 6.07 Å². The van der Waals surface area contributed by atoms with Gasteiger partial charge in [0.05, 0.1) is 4.92 Å². The minimum absolute atomic E-state index is 0.115. The molecule has 6 nitrogen and oxygen atoms in total. The number of nitrogens with one attached hydrogen (secondary N) is 1. The number of halogens is 2. The summed E-state index contributed by atoms with van der Waals surface area (Å²) >= 11 is 9.00. The van der Waals surface area contributed by atoms with Crippen LogP contribution in [0.4, 0.5) is 11.4 Å². The molecule has 1 amide bonds. The summed E-state index contributed by atoms with van der Waals surface area (Å²) in [7, 11) is 1.95. The summed E-state index contributed by atoms with van der Waals surface area (Å²) in [6, 6.07) is 9.23. The van der Waals surface area contributed by atoms with Crippen LogP contribution in [0.5, 0.6) is 0 Å². The molecule has 0 saturated heterocycles. The number of benzene rings is 2. The lowest BCUT2D eigenvalue weighted by Gasteiger charge is -2.29. The Morgan fingerprint density at radius 1 is 1.35 bits per heavy atom. The molecule has 0 aromatic heterocycles. The third kappa shape index (κ3) is 3.75. The van der Waals surface area contributed by atoms with Crippen molar-refractivity contribution in [3.8, 4) is 11.1 Å². The second-order valence-corrected chi connectivity index (χ2v) is 7.39. The molecule has 0 spiro atoms. The number of carbonyl (C=O) groups excluding carboxylic acids is 1. The van der Waals surface area contributed by atoms with E-state index in [0.29, 0.717) is 6.54 Å². The first-order valence-corrected chi connectivity index (χ1v) is 9.37. The average molecular weight is 439 g/mol. The van der Waals surface area contributed by atoms with E-state index in [2.05, 4.69) is 26.1 Å².